The molecule has 0 aromatic rings. The van der Waals surface area contributed by atoms with E-state index in [1.54, 1.807) is 6.92 Å². The Kier molecular flexibility index (Phi) is 2.28. The van der Waals surface area contributed by atoms with Crippen molar-refractivity contribution in [2.24, 2.45) is 0 Å². The number of hydrogen-bond acceptors (Lipinski definition) is 3. The second-order valence-electron chi connectivity index (χ2n) is 2.99. The lowest BCUT2D eigenvalue weighted by molar-refractivity contribution is 0.0171. The van der Waals surface area contributed by atoms with Crippen LogP contribution in [0.4, 0.5) is 0 Å². The van der Waals surface area contributed by atoms with Gasteiger partial charge in [0.1, 0.15) is 5.60 Å². The second kappa shape index (κ2) is 2.86. The highest BCUT2D eigenvalue weighted by atomic mass is 17.4. The van der Waals surface area contributed by atoms with Crippen LogP contribution in [0.15, 0.2) is 0 Å². The van der Waals surface area contributed by atoms with Gasteiger partial charge in [-0.1, -0.05) is 19.8 Å². The minimum atomic E-state index is -0.782. The normalized spacial score (nSPS) is 24.3. The molecule has 1 heterocycles. The van der Waals surface area contributed by atoms with Gasteiger partial charge in [-0.3, -0.25) is 0 Å². The summed E-state index contributed by atoms with van der Waals surface area (Å²) in [6.07, 6.45) is 2.46. The first kappa shape index (κ1) is 7.98. The van der Waals surface area contributed by atoms with Crippen molar-refractivity contribution in [3.05, 3.63) is 0 Å². The van der Waals surface area contributed by atoms with Crippen LogP contribution in [0.3, 0.4) is 0 Å². The molecule has 0 radical (unpaired) electrons. The van der Waals surface area contributed by atoms with Gasteiger partial charge < -0.3 is 5.11 Å². The number of aliphatic hydroxyl groups is 1. The van der Waals surface area contributed by atoms with E-state index >= 15 is 0 Å². The minimum absolute atomic E-state index is 0.376. The zero-order chi connectivity index (χ0) is 7.61. The lowest BCUT2D eigenvalue weighted by atomic mass is 9.99. The summed E-state index contributed by atoms with van der Waals surface area (Å²) < 4.78 is 0. The van der Waals surface area contributed by atoms with Crippen LogP contribution in [-0.4, -0.2) is 17.0 Å². The van der Waals surface area contributed by atoms with Gasteiger partial charge in [0.15, 0.2) is 0 Å². The molecule has 0 saturated carbocycles. The Labute approximate surface area is 60.9 Å². The van der Waals surface area contributed by atoms with Crippen LogP contribution in [0, 0.1) is 0 Å². The zero-order valence-corrected chi connectivity index (χ0v) is 6.46. The number of unbranched alkanes of at least 4 members (excludes halogenated alkanes) is 1. The predicted molar refractivity (Wildman–Crippen MR) is 36.1 cm³/mol. The average molecular weight is 146 g/mol. The molecule has 0 aromatic heterocycles. The van der Waals surface area contributed by atoms with Crippen LogP contribution in [0.1, 0.15) is 33.1 Å². The summed E-state index contributed by atoms with van der Waals surface area (Å²) in [5.74, 6) is 0. The summed E-state index contributed by atoms with van der Waals surface area (Å²) in [4.78, 5) is 9.04. The van der Waals surface area contributed by atoms with Gasteiger partial charge in [0.25, 0.3) is 6.29 Å². The summed E-state index contributed by atoms with van der Waals surface area (Å²) in [6, 6.07) is 0. The van der Waals surface area contributed by atoms with E-state index in [9.17, 15) is 5.11 Å². The maximum Gasteiger partial charge on any atom is 0.252 e. The quantitative estimate of drug-likeness (QED) is 0.479. The van der Waals surface area contributed by atoms with Crippen LogP contribution in [0.2, 0.25) is 0 Å². The maximum absolute atomic E-state index is 9.54. The van der Waals surface area contributed by atoms with Gasteiger partial charge in [-0.05, 0) is 13.3 Å². The Balaban J connectivity index is 2.20. The summed E-state index contributed by atoms with van der Waals surface area (Å²) >= 11 is 0. The van der Waals surface area contributed by atoms with Crippen molar-refractivity contribution in [3.63, 3.8) is 0 Å². The molecule has 3 heteroatoms. The Morgan fingerprint density at radius 1 is 1.50 bits per heavy atom. The van der Waals surface area contributed by atoms with E-state index in [1.165, 1.54) is 0 Å². The zero-order valence-electron chi connectivity index (χ0n) is 6.46. The lowest BCUT2D eigenvalue weighted by Crippen LogP contribution is -2.30. The van der Waals surface area contributed by atoms with Crippen LogP contribution in [0.5, 0.6) is 0 Å². The van der Waals surface area contributed by atoms with Crippen LogP contribution in [-0.2, 0) is 9.78 Å². The molecule has 1 unspecified atom stereocenters. The first-order valence-electron chi connectivity index (χ1n) is 3.71. The monoisotopic (exact) mass is 146 g/mol. The van der Waals surface area contributed by atoms with Crippen molar-refractivity contribution in [1.29, 1.82) is 0 Å². The largest absolute Gasteiger partial charge is 0.385 e. The summed E-state index contributed by atoms with van der Waals surface area (Å²) in [6.45, 7) is 3.82. The van der Waals surface area contributed by atoms with E-state index in [-0.39, 0.29) is 6.29 Å². The Morgan fingerprint density at radius 2 is 2.10 bits per heavy atom. The summed E-state index contributed by atoms with van der Waals surface area (Å²) in [5.41, 5.74) is -0.782. The van der Waals surface area contributed by atoms with Gasteiger partial charge in [-0.15, -0.1) is 0 Å². The third kappa shape index (κ3) is 1.94. The van der Waals surface area contributed by atoms with E-state index < -0.39 is 5.60 Å². The molecule has 60 valence electrons. The molecule has 1 aliphatic heterocycles. The highest BCUT2D eigenvalue weighted by Gasteiger charge is 2.44. The number of rotatable bonds is 4. The summed E-state index contributed by atoms with van der Waals surface area (Å²) in [7, 11) is 0. The van der Waals surface area contributed by atoms with Crippen molar-refractivity contribution in [1.82, 2.24) is 0 Å². The Morgan fingerprint density at radius 3 is 2.50 bits per heavy atom. The van der Waals surface area contributed by atoms with Crippen LogP contribution >= 0.6 is 0 Å². The molecule has 1 aliphatic rings. The fourth-order valence-corrected chi connectivity index (χ4v) is 0.888. The van der Waals surface area contributed by atoms with E-state index in [0.717, 1.165) is 19.3 Å². The van der Waals surface area contributed by atoms with Gasteiger partial charge in [0.05, 0.1) is 0 Å². The lowest BCUT2D eigenvalue weighted by Gasteiger charge is -2.16. The van der Waals surface area contributed by atoms with E-state index in [4.69, 9.17) is 0 Å². The molecular formula is C7H14O3. The standard InChI is InChI=1S/C7H14O3/c1-3-4-5-7(2,8)6-9-10-6/h6,8H,3-5H2,1-2H3. The summed E-state index contributed by atoms with van der Waals surface area (Å²) in [5, 5.41) is 9.54. The molecule has 1 fully saturated rings. The van der Waals surface area contributed by atoms with Crippen molar-refractivity contribution in [2.45, 2.75) is 45.0 Å². The molecule has 1 saturated heterocycles. The molecule has 0 amide bonds. The molecule has 1 N–H and O–H groups in total. The first-order valence-corrected chi connectivity index (χ1v) is 3.71. The molecule has 0 spiro atoms. The van der Waals surface area contributed by atoms with Gasteiger partial charge in [-0.2, -0.15) is 9.78 Å². The smallest absolute Gasteiger partial charge is 0.252 e. The molecule has 3 nitrogen and oxygen atoms in total. The van der Waals surface area contributed by atoms with Crippen molar-refractivity contribution in [3.8, 4) is 0 Å². The molecule has 1 rings (SSSR count). The fourth-order valence-electron chi connectivity index (χ4n) is 0.888. The molecule has 0 aliphatic carbocycles. The van der Waals surface area contributed by atoms with Gasteiger partial charge in [0, 0.05) is 0 Å². The predicted octanol–water partition coefficient (Wildman–Crippen LogP) is 1.22. The first-order chi connectivity index (χ1) is 4.67. The van der Waals surface area contributed by atoms with Crippen LogP contribution < -0.4 is 0 Å². The third-order valence-electron chi connectivity index (χ3n) is 1.74. The van der Waals surface area contributed by atoms with Gasteiger partial charge in [-0.25, -0.2) is 0 Å². The molecular weight excluding hydrogens is 132 g/mol. The van der Waals surface area contributed by atoms with Crippen molar-refractivity contribution in [2.75, 3.05) is 0 Å². The van der Waals surface area contributed by atoms with E-state index in [1.807, 2.05) is 0 Å². The molecule has 0 bridgehead atoms. The van der Waals surface area contributed by atoms with E-state index in [2.05, 4.69) is 16.7 Å². The minimum Gasteiger partial charge on any atom is -0.385 e. The number of hydrogen-bond donors (Lipinski definition) is 1. The second-order valence-corrected chi connectivity index (χ2v) is 2.99. The Hall–Kier alpha value is -0.120. The molecule has 0 aromatic carbocycles. The SMILES string of the molecule is CCCCC(C)(O)C1OO1. The Bertz CT molecular complexity index is 107. The highest BCUT2D eigenvalue weighted by Crippen LogP contribution is 2.30. The maximum atomic E-state index is 9.54. The fraction of sp³-hybridized carbons (Fsp3) is 1.00. The topological polar surface area (TPSA) is 45.3 Å². The average Bonchev–Trinajstić information content (AvgIpc) is 2.64. The third-order valence-corrected chi connectivity index (χ3v) is 1.74. The van der Waals surface area contributed by atoms with Crippen LogP contribution in [0.25, 0.3) is 0 Å². The van der Waals surface area contributed by atoms with Gasteiger partial charge in [0.2, 0.25) is 0 Å². The molecule has 1 atom stereocenters. The van der Waals surface area contributed by atoms with E-state index in [0.29, 0.717) is 0 Å². The highest BCUT2D eigenvalue weighted by molar-refractivity contribution is 4.78. The molecule has 10 heavy (non-hydrogen) atoms. The van der Waals surface area contributed by atoms with Crippen molar-refractivity contribution < 1.29 is 14.9 Å². The van der Waals surface area contributed by atoms with Crippen molar-refractivity contribution >= 4 is 0 Å². The van der Waals surface area contributed by atoms with Gasteiger partial charge >= 0.3 is 0 Å².